The molecule has 0 fully saturated rings. The molecule has 64 valence electrons. The van der Waals surface area contributed by atoms with Gasteiger partial charge < -0.3 is 9.84 Å². The Bertz CT molecular complexity index is 150. The average Bonchev–Trinajstić information content (AvgIpc) is 2.37. The summed E-state index contributed by atoms with van der Waals surface area (Å²) in [5, 5.41) is 9.84. The molecule has 11 heavy (non-hydrogen) atoms. The fourth-order valence-corrected chi connectivity index (χ4v) is 1.55. The maximum absolute atomic E-state index is 9.84. The molecule has 2 nitrogen and oxygen atoms in total. The number of methoxy groups -OCH3 is 1. The third-order valence-electron chi connectivity index (χ3n) is 2.25. The molecule has 0 radical (unpaired) electrons. The lowest BCUT2D eigenvalue weighted by molar-refractivity contribution is -0.0462. The Morgan fingerprint density at radius 1 is 1.73 bits per heavy atom. The molecule has 1 rings (SSSR count). The number of rotatable bonds is 3. The Morgan fingerprint density at radius 3 is 2.91 bits per heavy atom. The lowest BCUT2D eigenvalue weighted by Crippen LogP contribution is -2.37. The zero-order valence-corrected chi connectivity index (χ0v) is 7.21. The van der Waals surface area contributed by atoms with E-state index in [0.29, 0.717) is 6.61 Å². The molecule has 0 saturated carbocycles. The summed E-state index contributed by atoms with van der Waals surface area (Å²) in [6, 6.07) is 0. The monoisotopic (exact) mass is 156 g/mol. The molecule has 0 aromatic heterocycles. The molecule has 2 atom stereocenters. The fourth-order valence-electron chi connectivity index (χ4n) is 1.55. The molecule has 1 aliphatic carbocycles. The van der Waals surface area contributed by atoms with Crippen molar-refractivity contribution in [2.24, 2.45) is 5.92 Å². The van der Waals surface area contributed by atoms with Crippen molar-refractivity contribution in [2.45, 2.75) is 25.4 Å². The van der Waals surface area contributed by atoms with E-state index in [4.69, 9.17) is 4.74 Å². The lowest BCUT2D eigenvalue weighted by atomic mass is 9.89. The highest BCUT2D eigenvalue weighted by Crippen LogP contribution is 2.28. The minimum Gasteiger partial charge on any atom is -0.387 e. The zero-order valence-electron chi connectivity index (χ0n) is 7.21. The second-order valence-corrected chi connectivity index (χ2v) is 3.40. The van der Waals surface area contributed by atoms with Crippen molar-refractivity contribution in [3.63, 3.8) is 0 Å². The van der Waals surface area contributed by atoms with Crippen LogP contribution in [-0.4, -0.2) is 24.4 Å². The summed E-state index contributed by atoms with van der Waals surface area (Å²) < 4.78 is 4.94. The predicted octanol–water partition coefficient (Wildman–Crippen LogP) is 1.35. The molecule has 0 aromatic rings. The summed E-state index contributed by atoms with van der Waals surface area (Å²) >= 11 is 0. The van der Waals surface area contributed by atoms with Crippen LogP contribution < -0.4 is 0 Å². The molecule has 0 unspecified atom stereocenters. The van der Waals surface area contributed by atoms with Crippen LogP contribution in [0.2, 0.25) is 0 Å². The first-order valence-electron chi connectivity index (χ1n) is 4.05. The van der Waals surface area contributed by atoms with E-state index in [-0.39, 0.29) is 5.92 Å². The Hall–Kier alpha value is -0.340. The van der Waals surface area contributed by atoms with Crippen LogP contribution in [0.25, 0.3) is 0 Å². The van der Waals surface area contributed by atoms with Crippen LogP contribution in [-0.2, 0) is 4.74 Å². The van der Waals surface area contributed by atoms with E-state index >= 15 is 0 Å². The molecular weight excluding hydrogens is 140 g/mol. The molecule has 0 heterocycles. The first-order valence-corrected chi connectivity index (χ1v) is 4.05. The molecular formula is C9H16O2. The standard InChI is InChI=1S/C9H16O2/c1-9(10,7-11-2)8-5-3-4-6-8/h3,5,8,10H,4,6-7H2,1-2H3/t8-,9-/m0/s1. The Kier molecular flexibility index (Phi) is 2.68. The molecule has 1 N–H and O–H groups in total. The van der Waals surface area contributed by atoms with Gasteiger partial charge in [-0.2, -0.15) is 0 Å². The van der Waals surface area contributed by atoms with Gasteiger partial charge in [-0.3, -0.25) is 0 Å². The van der Waals surface area contributed by atoms with Crippen molar-refractivity contribution >= 4 is 0 Å². The second kappa shape index (κ2) is 3.37. The average molecular weight is 156 g/mol. The van der Waals surface area contributed by atoms with Gasteiger partial charge in [-0.1, -0.05) is 12.2 Å². The van der Waals surface area contributed by atoms with Gasteiger partial charge in [0, 0.05) is 13.0 Å². The smallest absolute Gasteiger partial charge is 0.0914 e. The molecule has 0 spiro atoms. The second-order valence-electron chi connectivity index (χ2n) is 3.40. The van der Waals surface area contributed by atoms with Gasteiger partial charge in [0.1, 0.15) is 0 Å². The number of hydrogen-bond donors (Lipinski definition) is 1. The van der Waals surface area contributed by atoms with Gasteiger partial charge in [0.05, 0.1) is 12.2 Å². The summed E-state index contributed by atoms with van der Waals surface area (Å²) in [5.41, 5.74) is -0.679. The maximum Gasteiger partial charge on any atom is 0.0914 e. The minimum absolute atomic E-state index is 0.280. The Balaban J connectivity index is 2.48. The van der Waals surface area contributed by atoms with Gasteiger partial charge in [-0.25, -0.2) is 0 Å². The topological polar surface area (TPSA) is 29.5 Å². The molecule has 0 amide bonds. The maximum atomic E-state index is 9.84. The normalized spacial score (nSPS) is 28.8. The minimum atomic E-state index is -0.679. The largest absolute Gasteiger partial charge is 0.387 e. The number of ether oxygens (including phenoxy) is 1. The Morgan fingerprint density at radius 2 is 2.45 bits per heavy atom. The first kappa shape index (κ1) is 8.75. The van der Waals surface area contributed by atoms with Gasteiger partial charge in [0.25, 0.3) is 0 Å². The van der Waals surface area contributed by atoms with Crippen LogP contribution in [0.3, 0.4) is 0 Å². The quantitative estimate of drug-likeness (QED) is 0.625. The molecule has 0 saturated heterocycles. The fraction of sp³-hybridized carbons (Fsp3) is 0.778. The lowest BCUT2D eigenvalue weighted by Gasteiger charge is -2.27. The van der Waals surface area contributed by atoms with Crippen molar-refractivity contribution < 1.29 is 9.84 Å². The molecule has 0 aromatic carbocycles. The van der Waals surface area contributed by atoms with E-state index in [9.17, 15) is 5.11 Å². The van der Waals surface area contributed by atoms with E-state index < -0.39 is 5.60 Å². The predicted molar refractivity (Wildman–Crippen MR) is 44.4 cm³/mol. The highest BCUT2D eigenvalue weighted by atomic mass is 16.5. The third-order valence-corrected chi connectivity index (χ3v) is 2.25. The van der Waals surface area contributed by atoms with Gasteiger partial charge >= 0.3 is 0 Å². The summed E-state index contributed by atoms with van der Waals surface area (Å²) in [5.74, 6) is 0.280. The van der Waals surface area contributed by atoms with Crippen molar-refractivity contribution in [3.05, 3.63) is 12.2 Å². The first-order chi connectivity index (χ1) is 5.17. The van der Waals surface area contributed by atoms with Gasteiger partial charge in [0.15, 0.2) is 0 Å². The van der Waals surface area contributed by atoms with Crippen LogP contribution in [0, 0.1) is 5.92 Å². The van der Waals surface area contributed by atoms with E-state index in [1.54, 1.807) is 7.11 Å². The van der Waals surface area contributed by atoms with Crippen LogP contribution in [0.15, 0.2) is 12.2 Å². The Labute approximate surface area is 67.9 Å². The van der Waals surface area contributed by atoms with Crippen LogP contribution in [0.4, 0.5) is 0 Å². The SMILES string of the molecule is COC[C@](C)(O)[C@H]1C=CCC1. The van der Waals surface area contributed by atoms with E-state index in [1.807, 2.05) is 6.92 Å². The third kappa shape index (κ3) is 2.04. The highest BCUT2D eigenvalue weighted by Gasteiger charge is 2.30. The zero-order chi connectivity index (χ0) is 8.32. The number of allylic oxidation sites excluding steroid dienone is 1. The molecule has 0 aliphatic heterocycles. The summed E-state index contributed by atoms with van der Waals surface area (Å²) in [6.07, 6.45) is 6.34. The van der Waals surface area contributed by atoms with E-state index in [0.717, 1.165) is 12.8 Å². The van der Waals surface area contributed by atoms with Gasteiger partial charge in [-0.05, 0) is 19.8 Å². The number of aliphatic hydroxyl groups is 1. The highest BCUT2D eigenvalue weighted by molar-refractivity contribution is 5.03. The molecule has 2 heteroatoms. The molecule has 1 aliphatic rings. The van der Waals surface area contributed by atoms with Crippen LogP contribution in [0.5, 0.6) is 0 Å². The van der Waals surface area contributed by atoms with Crippen molar-refractivity contribution in [1.29, 1.82) is 0 Å². The van der Waals surface area contributed by atoms with Crippen molar-refractivity contribution in [1.82, 2.24) is 0 Å². The summed E-state index contributed by atoms with van der Waals surface area (Å²) in [6.45, 7) is 2.25. The van der Waals surface area contributed by atoms with Crippen LogP contribution >= 0.6 is 0 Å². The van der Waals surface area contributed by atoms with Crippen LogP contribution in [0.1, 0.15) is 19.8 Å². The van der Waals surface area contributed by atoms with E-state index in [1.165, 1.54) is 0 Å². The number of hydrogen-bond acceptors (Lipinski definition) is 2. The van der Waals surface area contributed by atoms with E-state index in [2.05, 4.69) is 12.2 Å². The van der Waals surface area contributed by atoms with Crippen molar-refractivity contribution in [3.8, 4) is 0 Å². The van der Waals surface area contributed by atoms with Gasteiger partial charge in [0.2, 0.25) is 0 Å². The van der Waals surface area contributed by atoms with Crippen molar-refractivity contribution in [2.75, 3.05) is 13.7 Å². The summed E-state index contributed by atoms with van der Waals surface area (Å²) in [7, 11) is 1.62. The molecule has 0 bridgehead atoms. The van der Waals surface area contributed by atoms with Gasteiger partial charge in [-0.15, -0.1) is 0 Å². The summed E-state index contributed by atoms with van der Waals surface area (Å²) in [4.78, 5) is 0.